The van der Waals surface area contributed by atoms with Crippen LogP contribution in [0.5, 0.6) is 0 Å². The Labute approximate surface area is 140 Å². The van der Waals surface area contributed by atoms with E-state index in [0.717, 1.165) is 0 Å². The fourth-order valence-electron chi connectivity index (χ4n) is 2.60. The zero-order valence-electron chi connectivity index (χ0n) is 13.0. The van der Waals surface area contributed by atoms with Crippen molar-refractivity contribution in [2.75, 3.05) is 11.9 Å². The van der Waals surface area contributed by atoms with Crippen molar-refractivity contribution in [1.82, 2.24) is 4.98 Å². The molecule has 0 saturated carbocycles. The van der Waals surface area contributed by atoms with Crippen LogP contribution in [0.1, 0.15) is 17.0 Å². The number of hydrogen-bond donors (Lipinski definition) is 1. The number of nitrogens with zero attached hydrogens (tertiary/aromatic N) is 2. The number of anilines is 1. The number of aromatic nitrogens is 1. The molecule has 1 N–H and O–H groups in total. The van der Waals surface area contributed by atoms with Gasteiger partial charge < -0.3 is 5.32 Å². The van der Waals surface area contributed by atoms with Crippen LogP contribution in [0.2, 0.25) is 0 Å². The summed E-state index contributed by atoms with van der Waals surface area (Å²) in [6.07, 6.45) is 1.27. The van der Waals surface area contributed by atoms with E-state index in [1.165, 1.54) is 23.4 Å². The topological polar surface area (TPSA) is 68.1 Å². The lowest BCUT2D eigenvalue weighted by Gasteiger charge is -2.19. The first-order valence-electron chi connectivity index (χ1n) is 7.68. The molecule has 0 aliphatic carbocycles. The quantitative estimate of drug-likeness (QED) is 0.545. The summed E-state index contributed by atoms with van der Waals surface area (Å²) in [5.41, 5.74) is 2.40. The molecule has 0 unspecified atom stereocenters. The van der Waals surface area contributed by atoms with Gasteiger partial charge in [-0.15, -0.1) is 0 Å². The molecule has 5 heteroatoms. The Kier molecular flexibility index (Phi) is 4.81. The Bertz CT molecular complexity index is 750. The standard InChI is InChI=1S/C19H17N3O2/c23-22(24)17-11-12-19(20-13-17)21-14-18(15-7-3-1-4-8-15)16-9-5-2-6-10-16/h1-13,18H,14H2,(H,20,21). The van der Waals surface area contributed by atoms with E-state index in [2.05, 4.69) is 34.6 Å². The van der Waals surface area contributed by atoms with Crippen LogP contribution in [0, 0.1) is 10.1 Å². The molecule has 0 radical (unpaired) electrons. The van der Waals surface area contributed by atoms with Crippen LogP contribution in [0.4, 0.5) is 11.5 Å². The van der Waals surface area contributed by atoms with Gasteiger partial charge in [-0.1, -0.05) is 60.7 Å². The van der Waals surface area contributed by atoms with Gasteiger partial charge in [0.05, 0.1) is 4.92 Å². The van der Waals surface area contributed by atoms with Crippen LogP contribution >= 0.6 is 0 Å². The Morgan fingerprint density at radius 2 is 1.50 bits per heavy atom. The van der Waals surface area contributed by atoms with Crippen molar-refractivity contribution in [1.29, 1.82) is 0 Å². The molecule has 0 aliphatic heterocycles. The summed E-state index contributed by atoms with van der Waals surface area (Å²) in [6, 6.07) is 23.6. The van der Waals surface area contributed by atoms with E-state index < -0.39 is 4.92 Å². The number of rotatable bonds is 6. The number of nitrogens with one attached hydrogen (secondary N) is 1. The smallest absolute Gasteiger partial charge is 0.287 e. The zero-order chi connectivity index (χ0) is 16.8. The summed E-state index contributed by atoms with van der Waals surface area (Å²) in [5.74, 6) is 0.793. The molecule has 0 bridgehead atoms. The van der Waals surface area contributed by atoms with Crippen LogP contribution in [0.15, 0.2) is 79.0 Å². The fraction of sp³-hybridized carbons (Fsp3) is 0.105. The number of nitro groups is 1. The lowest BCUT2D eigenvalue weighted by molar-refractivity contribution is -0.385. The van der Waals surface area contributed by atoms with Crippen LogP contribution in [-0.2, 0) is 0 Å². The molecule has 0 saturated heterocycles. The van der Waals surface area contributed by atoms with E-state index in [0.29, 0.717) is 12.4 Å². The molecular weight excluding hydrogens is 302 g/mol. The van der Waals surface area contributed by atoms with Gasteiger partial charge in [0.25, 0.3) is 5.69 Å². The normalized spacial score (nSPS) is 10.5. The average molecular weight is 319 g/mol. The minimum atomic E-state index is -0.451. The predicted octanol–water partition coefficient (Wildman–Crippen LogP) is 4.23. The van der Waals surface area contributed by atoms with Crippen LogP contribution in [0.25, 0.3) is 0 Å². The van der Waals surface area contributed by atoms with Gasteiger partial charge in [-0.05, 0) is 17.2 Å². The Morgan fingerprint density at radius 3 is 1.96 bits per heavy atom. The number of benzene rings is 2. The maximum absolute atomic E-state index is 10.7. The minimum Gasteiger partial charge on any atom is -0.369 e. The van der Waals surface area contributed by atoms with Gasteiger partial charge in [-0.3, -0.25) is 10.1 Å². The highest BCUT2D eigenvalue weighted by Crippen LogP contribution is 2.25. The first kappa shape index (κ1) is 15.7. The van der Waals surface area contributed by atoms with Crippen molar-refractivity contribution in [2.45, 2.75) is 5.92 Å². The van der Waals surface area contributed by atoms with Gasteiger partial charge in [-0.2, -0.15) is 0 Å². The second-order valence-electron chi connectivity index (χ2n) is 5.41. The molecule has 0 spiro atoms. The van der Waals surface area contributed by atoms with Crippen molar-refractivity contribution < 1.29 is 4.92 Å². The average Bonchev–Trinajstić information content (AvgIpc) is 2.64. The van der Waals surface area contributed by atoms with Gasteiger partial charge in [0.2, 0.25) is 0 Å². The van der Waals surface area contributed by atoms with E-state index in [9.17, 15) is 10.1 Å². The highest BCUT2D eigenvalue weighted by atomic mass is 16.6. The second-order valence-corrected chi connectivity index (χ2v) is 5.41. The van der Waals surface area contributed by atoms with E-state index >= 15 is 0 Å². The van der Waals surface area contributed by atoms with Crippen LogP contribution in [-0.4, -0.2) is 16.5 Å². The Morgan fingerprint density at radius 1 is 0.917 bits per heavy atom. The molecule has 5 nitrogen and oxygen atoms in total. The second kappa shape index (κ2) is 7.37. The van der Waals surface area contributed by atoms with Crippen molar-refractivity contribution in [3.05, 3.63) is 100 Å². The van der Waals surface area contributed by atoms with Gasteiger partial charge >= 0.3 is 0 Å². The van der Waals surface area contributed by atoms with Crippen molar-refractivity contribution in [3.8, 4) is 0 Å². The third-order valence-corrected chi connectivity index (χ3v) is 3.85. The van der Waals surface area contributed by atoms with Crippen molar-refractivity contribution in [3.63, 3.8) is 0 Å². The molecule has 1 aromatic heterocycles. The maximum atomic E-state index is 10.7. The molecule has 0 fully saturated rings. The molecule has 1 heterocycles. The molecule has 3 aromatic rings. The van der Waals surface area contributed by atoms with Gasteiger partial charge in [0, 0.05) is 18.5 Å². The lowest BCUT2D eigenvalue weighted by Crippen LogP contribution is -2.14. The molecular formula is C19H17N3O2. The minimum absolute atomic E-state index is 0.0109. The molecule has 0 atom stereocenters. The van der Waals surface area contributed by atoms with Gasteiger partial charge in [-0.25, -0.2) is 4.98 Å². The predicted molar refractivity (Wildman–Crippen MR) is 94.1 cm³/mol. The lowest BCUT2D eigenvalue weighted by atomic mass is 9.91. The summed E-state index contributed by atoms with van der Waals surface area (Å²) >= 11 is 0. The first-order chi connectivity index (χ1) is 11.7. The zero-order valence-corrected chi connectivity index (χ0v) is 13.0. The largest absolute Gasteiger partial charge is 0.369 e. The third kappa shape index (κ3) is 3.76. The Balaban J connectivity index is 1.79. The Hall–Kier alpha value is -3.21. The summed E-state index contributed by atoms with van der Waals surface area (Å²) in [4.78, 5) is 14.3. The number of pyridine rings is 1. The number of hydrogen-bond acceptors (Lipinski definition) is 4. The summed E-state index contributed by atoms with van der Waals surface area (Å²) in [5, 5.41) is 14.0. The highest BCUT2D eigenvalue weighted by Gasteiger charge is 2.14. The first-order valence-corrected chi connectivity index (χ1v) is 7.68. The molecule has 0 aliphatic rings. The van der Waals surface area contributed by atoms with E-state index in [4.69, 9.17) is 0 Å². The third-order valence-electron chi connectivity index (χ3n) is 3.85. The summed E-state index contributed by atoms with van der Waals surface area (Å²) in [6.45, 7) is 0.652. The highest BCUT2D eigenvalue weighted by molar-refractivity contribution is 5.42. The van der Waals surface area contributed by atoms with Crippen molar-refractivity contribution >= 4 is 11.5 Å². The molecule has 0 amide bonds. The van der Waals surface area contributed by atoms with E-state index in [1.807, 2.05) is 36.4 Å². The van der Waals surface area contributed by atoms with Crippen LogP contribution < -0.4 is 5.32 Å². The van der Waals surface area contributed by atoms with Gasteiger partial charge in [0.15, 0.2) is 0 Å². The maximum Gasteiger partial charge on any atom is 0.287 e. The van der Waals surface area contributed by atoms with E-state index in [-0.39, 0.29) is 11.6 Å². The molecule has 120 valence electrons. The molecule has 3 rings (SSSR count). The molecule has 2 aromatic carbocycles. The monoisotopic (exact) mass is 319 g/mol. The summed E-state index contributed by atoms with van der Waals surface area (Å²) < 4.78 is 0. The fourth-order valence-corrected chi connectivity index (χ4v) is 2.60. The van der Waals surface area contributed by atoms with Crippen molar-refractivity contribution in [2.24, 2.45) is 0 Å². The van der Waals surface area contributed by atoms with E-state index in [1.54, 1.807) is 6.07 Å². The SMILES string of the molecule is O=[N+]([O-])c1ccc(NCC(c2ccccc2)c2ccccc2)nc1. The molecule has 24 heavy (non-hydrogen) atoms. The summed E-state index contributed by atoms with van der Waals surface area (Å²) in [7, 11) is 0. The van der Waals surface area contributed by atoms with Gasteiger partial charge in [0.1, 0.15) is 12.0 Å². The van der Waals surface area contributed by atoms with Crippen LogP contribution in [0.3, 0.4) is 0 Å².